The van der Waals surface area contributed by atoms with E-state index in [1.807, 2.05) is 54.7 Å². The van der Waals surface area contributed by atoms with Crippen LogP contribution in [0, 0.1) is 0 Å². The summed E-state index contributed by atoms with van der Waals surface area (Å²) in [5.74, 6) is -0.0520. The fraction of sp³-hybridized carbons (Fsp3) is 0. The SMILES string of the molecule is O=C(c1ccc(Br)cc1)c1cn2c(-c3ccccc3)c(-c3ccccc3)[se]c2n1. The van der Waals surface area contributed by atoms with Crippen LogP contribution in [0.15, 0.2) is 95.6 Å². The van der Waals surface area contributed by atoms with E-state index in [4.69, 9.17) is 4.98 Å². The van der Waals surface area contributed by atoms with E-state index in [9.17, 15) is 4.79 Å². The molecule has 0 N–H and O–H groups in total. The van der Waals surface area contributed by atoms with Gasteiger partial charge in [0, 0.05) is 0 Å². The number of rotatable bonds is 4. The van der Waals surface area contributed by atoms with Crippen LogP contribution in [0.2, 0.25) is 0 Å². The summed E-state index contributed by atoms with van der Waals surface area (Å²) in [6, 6.07) is 28.2. The molecule has 2 heterocycles. The average molecular weight is 506 g/mol. The second kappa shape index (κ2) is 7.60. The molecule has 0 radical (unpaired) electrons. The maximum absolute atomic E-state index is 13.0. The average Bonchev–Trinajstić information content (AvgIpc) is 3.33. The second-order valence-corrected chi connectivity index (χ2v) is 9.59. The van der Waals surface area contributed by atoms with E-state index in [0.29, 0.717) is 11.3 Å². The molecule has 140 valence electrons. The van der Waals surface area contributed by atoms with Gasteiger partial charge in [-0.15, -0.1) is 0 Å². The van der Waals surface area contributed by atoms with Gasteiger partial charge in [-0.1, -0.05) is 0 Å². The van der Waals surface area contributed by atoms with Crippen molar-refractivity contribution in [2.45, 2.75) is 0 Å². The molecule has 0 fully saturated rings. The summed E-state index contributed by atoms with van der Waals surface area (Å²) in [6.45, 7) is 0. The molecule has 0 atom stereocenters. The summed E-state index contributed by atoms with van der Waals surface area (Å²) >= 11 is 3.43. The first-order valence-corrected chi connectivity index (χ1v) is 11.6. The van der Waals surface area contributed by atoms with Crippen LogP contribution in [0.1, 0.15) is 16.1 Å². The molecular weight excluding hydrogens is 491 g/mol. The number of carbonyl (C=O) groups is 1. The van der Waals surface area contributed by atoms with Crippen molar-refractivity contribution < 1.29 is 4.79 Å². The molecule has 3 nitrogen and oxygen atoms in total. The molecule has 0 aliphatic rings. The minimum absolute atomic E-state index is 0.0186. The third-order valence-electron chi connectivity index (χ3n) is 4.75. The zero-order valence-electron chi connectivity index (χ0n) is 15.2. The first-order chi connectivity index (χ1) is 14.2. The Morgan fingerprint density at radius 1 is 0.828 bits per heavy atom. The Balaban J connectivity index is 1.68. The molecule has 3 aromatic carbocycles. The van der Waals surface area contributed by atoms with Crippen LogP contribution in [0.4, 0.5) is 0 Å². The third-order valence-corrected chi connectivity index (χ3v) is 7.59. The number of halogens is 1. The van der Waals surface area contributed by atoms with Gasteiger partial charge >= 0.3 is 183 Å². The van der Waals surface area contributed by atoms with E-state index < -0.39 is 0 Å². The van der Waals surface area contributed by atoms with E-state index in [2.05, 4.69) is 56.7 Å². The van der Waals surface area contributed by atoms with Crippen molar-refractivity contribution in [3.8, 4) is 21.3 Å². The number of carbonyl (C=O) groups excluding carboxylic acids is 1. The number of hydrogen-bond donors (Lipinski definition) is 0. The van der Waals surface area contributed by atoms with Crippen molar-refractivity contribution >= 4 is 40.7 Å². The number of benzene rings is 3. The van der Waals surface area contributed by atoms with Gasteiger partial charge in [-0.25, -0.2) is 0 Å². The summed E-state index contributed by atoms with van der Waals surface area (Å²) < 4.78 is 5.29. The Hall–Kier alpha value is -2.72. The maximum atomic E-state index is 13.0. The molecule has 2 aromatic heterocycles. The van der Waals surface area contributed by atoms with Crippen LogP contribution < -0.4 is 0 Å². The monoisotopic (exact) mass is 506 g/mol. The quantitative estimate of drug-likeness (QED) is 0.231. The van der Waals surface area contributed by atoms with Crippen LogP contribution in [0.25, 0.3) is 25.8 Å². The molecule has 0 unspecified atom stereocenters. The summed E-state index contributed by atoms with van der Waals surface area (Å²) in [7, 11) is 0. The molecule has 5 aromatic rings. The molecule has 5 rings (SSSR count). The number of imidazole rings is 1. The Labute approximate surface area is 182 Å². The van der Waals surface area contributed by atoms with Gasteiger partial charge in [0.05, 0.1) is 0 Å². The van der Waals surface area contributed by atoms with Gasteiger partial charge in [-0.2, -0.15) is 0 Å². The second-order valence-electron chi connectivity index (χ2n) is 6.63. The van der Waals surface area contributed by atoms with Gasteiger partial charge in [-0.05, 0) is 0 Å². The van der Waals surface area contributed by atoms with Crippen molar-refractivity contribution in [1.29, 1.82) is 0 Å². The van der Waals surface area contributed by atoms with Gasteiger partial charge in [0.1, 0.15) is 0 Å². The number of nitrogens with zero attached hydrogens (tertiary/aromatic N) is 2. The zero-order valence-corrected chi connectivity index (χ0v) is 18.5. The zero-order chi connectivity index (χ0) is 19.8. The summed E-state index contributed by atoms with van der Waals surface area (Å²) in [4.78, 5) is 17.7. The van der Waals surface area contributed by atoms with Crippen LogP contribution in [-0.2, 0) is 0 Å². The standard InChI is InChI=1S/C24H15BrN2OSe/c25-19-13-11-17(12-14-19)22(28)20-15-27-21(16-7-3-1-4-8-16)23(29-24(27)26-20)18-9-5-2-6-10-18/h1-15H. The fourth-order valence-corrected chi connectivity index (χ4v) is 6.00. The van der Waals surface area contributed by atoms with Crippen molar-refractivity contribution in [1.82, 2.24) is 9.38 Å². The number of aromatic nitrogens is 2. The first kappa shape index (κ1) is 18.3. The minimum atomic E-state index is -0.0520. The molecule has 0 spiro atoms. The molecule has 0 aliphatic heterocycles. The number of hydrogen-bond acceptors (Lipinski definition) is 2. The molecule has 0 saturated carbocycles. The fourth-order valence-electron chi connectivity index (χ4n) is 3.35. The van der Waals surface area contributed by atoms with Gasteiger partial charge in [0.15, 0.2) is 0 Å². The Morgan fingerprint density at radius 2 is 1.45 bits per heavy atom. The van der Waals surface area contributed by atoms with E-state index in [1.54, 1.807) is 0 Å². The van der Waals surface area contributed by atoms with Gasteiger partial charge in [0.25, 0.3) is 0 Å². The van der Waals surface area contributed by atoms with E-state index in [1.165, 1.54) is 10.0 Å². The van der Waals surface area contributed by atoms with Crippen molar-refractivity contribution in [3.63, 3.8) is 0 Å². The number of fused-ring (bicyclic) bond motifs is 1. The van der Waals surface area contributed by atoms with Gasteiger partial charge in [0.2, 0.25) is 0 Å². The van der Waals surface area contributed by atoms with E-state index in [0.717, 1.165) is 20.3 Å². The Morgan fingerprint density at radius 3 is 2.10 bits per heavy atom. The molecule has 5 heteroatoms. The van der Waals surface area contributed by atoms with Crippen LogP contribution in [0.5, 0.6) is 0 Å². The first-order valence-electron chi connectivity index (χ1n) is 9.14. The molecular formula is C24H15BrN2OSe. The summed E-state index contributed by atoms with van der Waals surface area (Å²) in [6.07, 6.45) is 1.89. The van der Waals surface area contributed by atoms with Crippen LogP contribution >= 0.6 is 15.9 Å². The normalized spacial score (nSPS) is 11.1. The summed E-state index contributed by atoms with van der Waals surface area (Å²) in [5, 5.41) is 0. The predicted octanol–water partition coefficient (Wildman–Crippen LogP) is 5.72. The molecule has 0 bridgehead atoms. The van der Waals surface area contributed by atoms with Gasteiger partial charge in [-0.3, -0.25) is 0 Å². The molecule has 29 heavy (non-hydrogen) atoms. The Kier molecular flexibility index (Phi) is 4.80. The summed E-state index contributed by atoms with van der Waals surface area (Å²) in [5.41, 5.74) is 4.59. The van der Waals surface area contributed by atoms with E-state index in [-0.39, 0.29) is 20.3 Å². The predicted molar refractivity (Wildman–Crippen MR) is 121 cm³/mol. The van der Waals surface area contributed by atoms with E-state index >= 15 is 0 Å². The van der Waals surface area contributed by atoms with Crippen molar-refractivity contribution in [3.05, 3.63) is 107 Å². The van der Waals surface area contributed by atoms with Gasteiger partial charge < -0.3 is 0 Å². The third kappa shape index (κ3) is 3.42. The number of ketones is 1. The van der Waals surface area contributed by atoms with Crippen molar-refractivity contribution in [2.75, 3.05) is 0 Å². The molecule has 0 saturated heterocycles. The van der Waals surface area contributed by atoms with Crippen LogP contribution in [-0.4, -0.2) is 29.7 Å². The topological polar surface area (TPSA) is 34.4 Å². The van der Waals surface area contributed by atoms with Crippen molar-refractivity contribution in [2.24, 2.45) is 0 Å². The Bertz CT molecular complexity index is 1310. The molecule has 0 amide bonds. The molecule has 0 aliphatic carbocycles. The van der Waals surface area contributed by atoms with Crippen LogP contribution in [0.3, 0.4) is 0 Å².